The fourth-order valence-corrected chi connectivity index (χ4v) is 6.43. The number of piperidine rings is 2. The van der Waals surface area contributed by atoms with E-state index in [-0.39, 0.29) is 5.91 Å². The van der Waals surface area contributed by atoms with Crippen LogP contribution in [0.15, 0.2) is 75.9 Å². The maximum Gasteiger partial charge on any atom is 0.344 e. The Balaban J connectivity index is 1.28. The van der Waals surface area contributed by atoms with E-state index in [2.05, 4.69) is 15.1 Å². The van der Waals surface area contributed by atoms with Crippen molar-refractivity contribution < 1.29 is 18.7 Å². The average Bonchev–Trinajstić information content (AvgIpc) is 3.06. The molecule has 2 aliphatic rings. The summed E-state index contributed by atoms with van der Waals surface area (Å²) in [6, 6.07) is 20.9. The summed E-state index contributed by atoms with van der Waals surface area (Å²) >= 11 is 0. The van der Waals surface area contributed by atoms with Crippen LogP contribution >= 0.6 is 0 Å². The molecular weight excluding hydrogens is 566 g/mol. The predicted molar refractivity (Wildman–Crippen MR) is 179 cm³/mol. The largest absolute Gasteiger partial charge is 0.492 e. The molecule has 1 amide bonds. The van der Waals surface area contributed by atoms with Crippen LogP contribution in [0.2, 0.25) is 0 Å². The zero-order chi connectivity index (χ0) is 31.0. The van der Waals surface area contributed by atoms with Gasteiger partial charge in [0.2, 0.25) is 5.91 Å². The Morgan fingerprint density at radius 1 is 0.711 bits per heavy atom. The Kier molecular flexibility index (Phi) is 10.1. The molecule has 3 aromatic carbocycles. The molecule has 0 spiro atoms. The number of anilines is 1. The van der Waals surface area contributed by atoms with E-state index in [9.17, 15) is 9.59 Å². The third kappa shape index (κ3) is 7.93. The second-order valence-electron chi connectivity index (χ2n) is 12.1. The van der Waals surface area contributed by atoms with E-state index in [0.29, 0.717) is 41.4 Å². The molecule has 4 aromatic rings. The van der Waals surface area contributed by atoms with E-state index in [4.69, 9.17) is 13.9 Å². The van der Waals surface area contributed by atoms with Crippen molar-refractivity contribution in [3.63, 3.8) is 0 Å². The van der Waals surface area contributed by atoms with Gasteiger partial charge in [0.05, 0.1) is 5.56 Å². The zero-order valence-corrected chi connectivity index (χ0v) is 26.2. The second kappa shape index (κ2) is 14.8. The second-order valence-corrected chi connectivity index (χ2v) is 12.1. The third-order valence-corrected chi connectivity index (χ3v) is 8.77. The van der Waals surface area contributed by atoms with Crippen molar-refractivity contribution in [1.29, 1.82) is 0 Å². The molecule has 45 heavy (non-hydrogen) atoms. The highest BCUT2D eigenvalue weighted by Gasteiger charge is 2.20. The van der Waals surface area contributed by atoms with Gasteiger partial charge in [0.15, 0.2) is 0 Å². The molecule has 0 radical (unpaired) electrons. The first-order valence-electron chi connectivity index (χ1n) is 16.3. The highest BCUT2D eigenvalue weighted by molar-refractivity contribution is 6.01. The number of benzene rings is 3. The minimum Gasteiger partial charge on any atom is -0.492 e. The Morgan fingerprint density at radius 3 is 1.84 bits per heavy atom. The summed E-state index contributed by atoms with van der Waals surface area (Å²) in [6.07, 6.45) is 7.64. The molecule has 236 valence electrons. The molecule has 2 fully saturated rings. The molecule has 3 heterocycles. The van der Waals surface area contributed by atoms with Gasteiger partial charge < -0.3 is 19.2 Å². The minimum atomic E-state index is -0.433. The van der Waals surface area contributed by atoms with Crippen molar-refractivity contribution in [2.75, 3.05) is 57.8 Å². The predicted octanol–water partition coefficient (Wildman–Crippen LogP) is 6.81. The van der Waals surface area contributed by atoms with Crippen LogP contribution in [0, 0.1) is 0 Å². The van der Waals surface area contributed by atoms with Crippen molar-refractivity contribution in [2.45, 2.75) is 45.4 Å². The molecule has 8 heteroatoms. The summed E-state index contributed by atoms with van der Waals surface area (Å²) in [4.78, 5) is 30.1. The average molecular weight is 610 g/mol. The quantitative estimate of drug-likeness (QED) is 0.187. The normalized spacial score (nSPS) is 16.0. The number of carbonyl (C=O) groups excluding carboxylic acids is 1. The molecule has 2 aliphatic heterocycles. The highest BCUT2D eigenvalue weighted by Crippen LogP contribution is 2.38. The molecule has 6 rings (SSSR count). The number of hydrogen-bond acceptors (Lipinski definition) is 7. The number of hydrogen-bond donors (Lipinski definition) is 1. The zero-order valence-electron chi connectivity index (χ0n) is 26.2. The molecule has 2 saturated heterocycles. The topological polar surface area (TPSA) is 84.2 Å². The van der Waals surface area contributed by atoms with Crippen molar-refractivity contribution in [3.05, 3.63) is 77.2 Å². The van der Waals surface area contributed by atoms with Gasteiger partial charge in [-0.1, -0.05) is 37.1 Å². The standard InChI is InChI=1S/C37H43N3O5/c1-27(41)38-30-12-8-29(9-13-30)36-35(28-10-14-31(15-11-28)43-24-22-39-18-4-2-5-19-39)33-17-16-32(26-34(33)45-37(36)42)44-25-23-40-20-6-3-7-21-40/h8-17,26H,2-7,18-25H2,1H3,(H,38,41). The molecule has 0 aliphatic carbocycles. The molecule has 8 nitrogen and oxygen atoms in total. The van der Waals surface area contributed by atoms with Gasteiger partial charge in [-0.15, -0.1) is 0 Å². The summed E-state index contributed by atoms with van der Waals surface area (Å²) in [5.41, 5.74) is 3.55. The molecular formula is C37H43N3O5. The Morgan fingerprint density at radius 2 is 1.24 bits per heavy atom. The molecule has 1 N–H and O–H groups in total. The third-order valence-electron chi connectivity index (χ3n) is 8.77. The summed E-state index contributed by atoms with van der Waals surface area (Å²) in [6.45, 7) is 9.03. The van der Waals surface area contributed by atoms with Crippen molar-refractivity contribution in [1.82, 2.24) is 9.80 Å². The lowest BCUT2D eigenvalue weighted by atomic mass is 9.93. The molecule has 1 aromatic heterocycles. The van der Waals surface area contributed by atoms with Gasteiger partial charge >= 0.3 is 5.63 Å². The number of likely N-dealkylation sites (tertiary alicyclic amines) is 2. The monoisotopic (exact) mass is 609 g/mol. The summed E-state index contributed by atoms with van der Waals surface area (Å²) in [7, 11) is 0. The summed E-state index contributed by atoms with van der Waals surface area (Å²) in [5.74, 6) is 1.33. The molecule has 0 atom stereocenters. The van der Waals surface area contributed by atoms with Crippen LogP contribution in [0.4, 0.5) is 5.69 Å². The first-order chi connectivity index (χ1) is 22.0. The lowest BCUT2D eigenvalue weighted by Gasteiger charge is -2.26. The van der Waals surface area contributed by atoms with Crippen LogP contribution in [0.1, 0.15) is 45.4 Å². The van der Waals surface area contributed by atoms with Crippen LogP contribution < -0.4 is 20.4 Å². The van der Waals surface area contributed by atoms with Gasteiger partial charge in [0, 0.05) is 42.7 Å². The number of carbonyl (C=O) groups is 1. The van der Waals surface area contributed by atoms with E-state index >= 15 is 0 Å². The van der Waals surface area contributed by atoms with E-state index in [1.165, 1.54) is 45.4 Å². The van der Waals surface area contributed by atoms with Crippen LogP contribution in [-0.2, 0) is 4.79 Å². The smallest absolute Gasteiger partial charge is 0.344 e. The number of nitrogens with one attached hydrogen (secondary N) is 1. The van der Waals surface area contributed by atoms with Crippen LogP contribution in [-0.4, -0.2) is 68.2 Å². The van der Waals surface area contributed by atoms with Crippen molar-refractivity contribution >= 4 is 22.6 Å². The first-order valence-corrected chi connectivity index (χ1v) is 16.3. The first kappa shape index (κ1) is 30.9. The van der Waals surface area contributed by atoms with Gasteiger partial charge in [0.1, 0.15) is 30.3 Å². The number of fused-ring (bicyclic) bond motifs is 1. The summed E-state index contributed by atoms with van der Waals surface area (Å²) < 4.78 is 18.1. The molecule has 0 saturated carbocycles. The number of nitrogens with zero attached hydrogens (tertiary/aromatic N) is 2. The van der Waals surface area contributed by atoms with Crippen molar-refractivity contribution in [2.24, 2.45) is 0 Å². The fourth-order valence-electron chi connectivity index (χ4n) is 6.43. The maximum absolute atomic E-state index is 13.7. The molecule has 0 bridgehead atoms. The SMILES string of the molecule is CC(=O)Nc1ccc(-c2c(-c3ccc(OCCN4CCCCC4)cc3)c3ccc(OCCN4CCCCC4)cc3oc2=O)cc1. The lowest BCUT2D eigenvalue weighted by Crippen LogP contribution is -2.33. The summed E-state index contributed by atoms with van der Waals surface area (Å²) in [5, 5.41) is 3.60. The van der Waals surface area contributed by atoms with Gasteiger partial charge in [0.25, 0.3) is 0 Å². The van der Waals surface area contributed by atoms with Gasteiger partial charge in [-0.25, -0.2) is 4.79 Å². The van der Waals surface area contributed by atoms with E-state index in [0.717, 1.165) is 61.5 Å². The highest BCUT2D eigenvalue weighted by atomic mass is 16.5. The van der Waals surface area contributed by atoms with Gasteiger partial charge in [-0.3, -0.25) is 14.6 Å². The van der Waals surface area contributed by atoms with Crippen molar-refractivity contribution in [3.8, 4) is 33.8 Å². The Bertz CT molecular complexity index is 1640. The van der Waals surface area contributed by atoms with Gasteiger partial charge in [-0.2, -0.15) is 0 Å². The van der Waals surface area contributed by atoms with E-state index in [1.54, 1.807) is 12.1 Å². The van der Waals surface area contributed by atoms with Crippen LogP contribution in [0.25, 0.3) is 33.2 Å². The fraction of sp³-hybridized carbons (Fsp3) is 0.405. The van der Waals surface area contributed by atoms with E-state index < -0.39 is 5.63 Å². The number of ether oxygens (including phenoxy) is 2. The Labute approximate surface area is 264 Å². The minimum absolute atomic E-state index is 0.152. The molecule has 0 unspecified atom stereocenters. The number of rotatable bonds is 11. The lowest BCUT2D eigenvalue weighted by molar-refractivity contribution is -0.114. The van der Waals surface area contributed by atoms with Crippen LogP contribution in [0.3, 0.4) is 0 Å². The maximum atomic E-state index is 13.7. The van der Waals surface area contributed by atoms with E-state index in [1.807, 2.05) is 54.6 Å². The Hall–Kier alpha value is -4.14. The van der Waals surface area contributed by atoms with Gasteiger partial charge in [-0.05, 0) is 99.4 Å². The van der Waals surface area contributed by atoms with Crippen LogP contribution in [0.5, 0.6) is 11.5 Å². The number of amides is 1.